The second kappa shape index (κ2) is 8.83. The van der Waals surface area contributed by atoms with Gasteiger partial charge in [0, 0.05) is 24.6 Å². The molecule has 1 amide bonds. The minimum atomic E-state index is -0.0856. The number of carbonyl (C=O) groups is 1. The number of nitrogens with one attached hydrogen (secondary N) is 2. The van der Waals surface area contributed by atoms with Gasteiger partial charge in [-0.2, -0.15) is 0 Å². The van der Waals surface area contributed by atoms with Crippen molar-refractivity contribution in [1.29, 1.82) is 0 Å². The van der Waals surface area contributed by atoms with E-state index in [0.29, 0.717) is 24.5 Å². The van der Waals surface area contributed by atoms with E-state index in [4.69, 9.17) is 9.47 Å². The molecule has 0 aromatic heterocycles. The third-order valence-electron chi connectivity index (χ3n) is 4.81. The molecule has 5 nitrogen and oxygen atoms in total. The zero-order chi connectivity index (χ0) is 18.2. The van der Waals surface area contributed by atoms with Gasteiger partial charge in [-0.3, -0.25) is 4.79 Å². The van der Waals surface area contributed by atoms with E-state index < -0.39 is 0 Å². The van der Waals surface area contributed by atoms with Crippen molar-refractivity contribution >= 4 is 5.91 Å². The minimum absolute atomic E-state index is 0.00775. The lowest BCUT2D eigenvalue weighted by molar-refractivity contribution is 0.0511. The molecule has 0 atom stereocenters. The average molecular weight is 354 g/mol. The first-order valence-corrected chi connectivity index (χ1v) is 9.02. The van der Waals surface area contributed by atoms with Crippen LogP contribution < -0.4 is 15.4 Å². The number of piperidine rings is 1. The maximum absolute atomic E-state index is 12.6. The maximum atomic E-state index is 12.6. The number of carbonyl (C=O) groups excluding carboxylic acids is 1. The molecule has 0 radical (unpaired) electrons. The molecule has 3 rings (SSSR count). The number of methoxy groups -OCH3 is 1. The topological polar surface area (TPSA) is 59.6 Å². The number of rotatable bonds is 7. The molecule has 0 saturated carbocycles. The van der Waals surface area contributed by atoms with Crippen LogP contribution in [0, 0.1) is 5.41 Å². The number of ether oxygens (including phenoxy) is 2. The molecule has 1 aliphatic heterocycles. The van der Waals surface area contributed by atoms with Crippen molar-refractivity contribution in [1.82, 2.24) is 10.6 Å². The number of hydrogen-bond donors (Lipinski definition) is 2. The zero-order valence-corrected chi connectivity index (χ0v) is 15.2. The summed E-state index contributed by atoms with van der Waals surface area (Å²) in [6, 6.07) is 16.8. The monoisotopic (exact) mass is 354 g/mol. The number of hydrogen-bond acceptors (Lipinski definition) is 4. The highest BCUT2D eigenvalue weighted by molar-refractivity contribution is 5.94. The summed E-state index contributed by atoms with van der Waals surface area (Å²) in [5.74, 6) is 1.31. The minimum Gasteiger partial charge on any atom is -0.457 e. The molecular formula is C21H26N2O3. The Morgan fingerprint density at radius 3 is 2.54 bits per heavy atom. The Labute approximate surface area is 154 Å². The molecule has 1 fully saturated rings. The second-order valence-corrected chi connectivity index (χ2v) is 6.81. The Bertz CT molecular complexity index is 707. The highest BCUT2D eigenvalue weighted by atomic mass is 16.5. The molecule has 2 aromatic rings. The molecule has 5 heteroatoms. The smallest absolute Gasteiger partial charge is 0.251 e. The lowest BCUT2D eigenvalue weighted by atomic mass is 9.79. The molecule has 138 valence electrons. The molecule has 1 saturated heterocycles. The summed E-state index contributed by atoms with van der Waals surface area (Å²) in [5.41, 5.74) is 0.605. The lowest BCUT2D eigenvalue weighted by Crippen LogP contribution is -2.47. The van der Waals surface area contributed by atoms with Crippen molar-refractivity contribution in [3.63, 3.8) is 0 Å². The fourth-order valence-corrected chi connectivity index (χ4v) is 3.33. The van der Waals surface area contributed by atoms with Crippen LogP contribution in [0.2, 0.25) is 0 Å². The Hall–Kier alpha value is -2.37. The van der Waals surface area contributed by atoms with Gasteiger partial charge in [-0.25, -0.2) is 0 Å². The second-order valence-electron chi connectivity index (χ2n) is 6.81. The predicted octanol–water partition coefficient (Wildman–Crippen LogP) is 3.22. The fourth-order valence-electron chi connectivity index (χ4n) is 3.33. The van der Waals surface area contributed by atoms with E-state index in [1.807, 2.05) is 42.5 Å². The standard InChI is InChI=1S/C21H26N2O3/c1-25-16-21(10-12-22-13-11-21)15-23-20(24)17-6-5-9-19(14-17)26-18-7-3-2-4-8-18/h2-9,14,22H,10-13,15-16H2,1H3,(H,23,24). The normalized spacial score (nSPS) is 16.0. The van der Waals surface area contributed by atoms with Crippen molar-refractivity contribution in [3.05, 3.63) is 60.2 Å². The van der Waals surface area contributed by atoms with Crippen molar-refractivity contribution in [2.75, 3.05) is 33.4 Å². The molecule has 1 heterocycles. The summed E-state index contributed by atoms with van der Waals surface area (Å²) >= 11 is 0. The van der Waals surface area contributed by atoms with Crippen LogP contribution >= 0.6 is 0 Å². The van der Waals surface area contributed by atoms with Gasteiger partial charge < -0.3 is 20.1 Å². The largest absolute Gasteiger partial charge is 0.457 e. The molecular weight excluding hydrogens is 328 g/mol. The van der Waals surface area contributed by atoms with Crippen LogP contribution in [0.15, 0.2) is 54.6 Å². The Balaban J connectivity index is 1.63. The van der Waals surface area contributed by atoms with Gasteiger partial charge in [0.2, 0.25) is 0 Å². The van der Waals surface area contributed by atoms with Crippen LogP contribution in [0.1, 0.15) is 23.2 Å². The fraction of sp³-hybridized carbons (Fsp3) is 0.381. The molecule has 0 aliphatic carbocycles. The molecule has 0 unspecified atom stereocenters. The van der Waals surface area contributed by atoms with Gasteiger partial charge in [-0.15, -0.1) is 0 Å². The van der Waals surface area contributed by atoms with Gasteiger partial charge in [0.1, 0.15) is 11.5 Å². The molecule has 2 N–H and O–H groups in total. The van der Waals surface area contributed by atoms with Crippen molar-refractivity contribution in [3.8, 4) is 11.5 Å². The highest BCUT2D eigenvalue weighted by Crippen LogP contribution is 2.28. The molecule has 2 aromatic carbocycles. The van der Waals surface area contributed by atoms with E-state index in [9.17, 15) is 4.79 Å². The van der Waals surface area contributed by atoms with E-state index >= 15 is 0 Å². The van der Waals surface area contributed by atoms with Crippen LogP contribution in [0.5, 0.6) is 11.5 Å². The van der Waals surface area contributed by atoms with Crippen LogP contribution in [0.4, 0.5) is 0 Å². The number of para-hydroxylation sites is 1. The van der Waals surface area contributed by atoms with Gasteiger partial charge in [-0.1, -0.05) is 24.3 Å². The van der Waals surface area contributed by atoms with E-state index in [2.05, 4.69) is 10.6 Å². The van der Waals surface area contributed by atoms with Gasteiger partial charge in [0.05, 0.1) is 6.61 Å². The third kappa shape index (κ3) is 4.84. The summed E-state index contributed by atoms with van der Waals surface area (Å²) < 4.78 is 11.2. The first-order chi connectivity index (χ1) is 12.7. The first kappa shape index (κ1) is 18.4. The van der Waals surface area contributed by atoms with Gasteiger partial charge in [0.15, 0.2) is 0 Å². The number of amides is 1. The third-order valence-corrected chi connectivity index (χ3v) is 4.81. The summed E-state index contributed by atoms with van der Waals surface area (Å²) in [5, 5.41) is 6.45. The van der Waals surface area contributed by atoms with Crippen molar-refractivity contribution < 1.29 is 14.3 Å². The average Bonchev–Trinajstić information content (AvgIpc) is 2.68. The molecule has 1 aliphatic rings. The Kier molecular flexibility index (Phi) is 6.26. The SMILES string of the molecule is COCC1(CNC(=O)c2cccc(Oc3ccccc3)c2)CCNCC1. The maximum Gasteiger partial charge on any atom is 0.251 e. The highest BCUT2D eigenvalue weighted by Gasteiger charge is 2.32. The van der Waals surface area contributed by atoms with Crippen LogP contribution in [-0.4, -0.2) is 39.3 Å². The van der Waals surface area contributed by atoms with Gasteiger partial charge in [0.25, 0.3) is 5.91 Å². The quantitative estimate of drug-likeness (QED) is 0.801. The zero-order valence-electron chi connectivity index (χ0n) is 15.2. The van der Waals surface area contributed by atoms with Crippen molar-refractivity contribution in [2.45, 2.75) is 12.8 Å². The molecule has 0 bridgehead atoms. The van der Waals surface area contributed by atoms with Crippen LogP contribution in [-0.2, 0) is 4.74 Å². The summed E-state index contributed by atoms with van der Waals surface area (Å²) in [4.78, 5) is 12.6. The molecule has 0 spiro atoms. The van der Waals surface area contributed by atoms with E-state index in [1.54, 1.807) is 19.2 Å². The van der Waals surface area contributed by atoms with E-state index in [1.165, 1.54) is 0 Å². The number of benzene rings is 2. The Morgan fingerprint density at radius 2 is 1.81 bits per heavy atom. The lowest BCUT2D eigenvalue weighted by Gasteiger charge is -2.37. The van der Waals surface area contributed by atoms with E-state index in [-0.39, 0.29) is 11.3 Å². The first-order valence-electron chi connectivity index (χ1n) is 9.02. The summed E-state index contributed by atoms with van der Waals surface area (Å²) in [7, 11) is 1.72. The Morgan fingerprint density at radius 1 is 1.08 bits per heavy atom. The van der Waals surface area contributed by atoms with Crippen LogP contribution in [0.3, 0.4) is 0 Å². The van der Waals surface area contributed by atoms with Crippen LogP contribution in [0.25, 0.3) is 0 Å². The van der Waals surface area contributed by atoms with Crippen molar-refractivity contribution in [2.24, 2.45) is 5.41 Å². The predicted molar refractivity (Wildman–Crippen MR) is 102 cm³/mol. The summed E-state index contributed by atoms with van der Waals surface area (Å²) in [6.45, 7) is 3.19. The van der Waals surface area contributed by atoms with Gasteiger partial charge >= 0.3 is 0 Å². The molecule has 26 heavy (non-hydrogen) atoms. The van der Waals surface area contributed by atoms with E-state index in [0.717, 1.165) is 31.7 Å². The van der Waals surface area contributed by atoms with Gasteiger partial charge in [-0.05, 0) is 56.3 Å². The summed E-state index contributed by atoms with van der Waals surface area (Å²) in [6.07, 6.45) is 2.00.